The van der Waals surface area contributed by atoms with E-state index in [-0.39, 0.29) is 0 Å². The summed E-state index contributed by atoms with van der Waals surface area (Å²) < 4.78 is 0. The minimum absolute atomic E-state index is 0.487. The summed E-state index contributed by atoms with van der Waals surface area (Å²) in [5, 5.41) is 8.11. The molecule has 0 spiro atoms. The van der Waals surface area contributed by atoms with Gasteiger partial charge in [0.25, 0.3) is 0 Å². The maximum absolute atomic E-state index is 4.75. The Morgan fingerprint density at radius 2 is 2.17 bits per heavy atom. The van der Waals surface area contributed by atoms with Gasteiger partial charge in [-0.1, -0.05) is 6.07 Å². The van der Waals surface area contributed by atoms with Crippen LogP contribution in [0.2, 0.25) is 0 Å². The maximum Gasteiger partial charge on any atom is 0.155 e. The number of piperidine rings is 1. The molecule has 4 rings (SSSR count). The van der Waals surface area contributed by atoms with Gasteiger partial charge in [0, 0.05) is 35.8 Å². The molecule has 5 nitrogen and oxygen atoms in total. The standard InChI is InChI=1S/C18H21N5/c1-13-4-2-6-16(20-13)12-23-9-3-5-15(11-23)17-8-7-14-10-19-22-18(14)21-17/h2,4,6-8,10,15H,3,5,9,11-12H2,1H3,(H,19,21,22)/t15-/m0/s1. The molecular formula is C18H21N5. The molecule has 0 bridgehead atoms. The van der Waals surface area contributed by atoms with E-state index in [1.54, 1.807) is 0 Å². The van der Waals surface area contributed by atoms with E-state index in [1.165, 1.54) is 18.5 Å². The molecule has 5 heteroatoms. The van der Waals surface area contributed by atoms with Gasteiger partial charge >= 0.3 is 0 Å². The smallest absolute Gasteiger partial charge is 0.155 e. The number of rotatable bonds is 3. The summed E-state index contributed by atoms with van der Waals surface area (Å²) >= 11 is 0. The first-order chi connectivity index (χ1) is 11.3. The SMILES string of the molecule is Cc1cccc(CN2CCC[C@H](c3ccc4cn[nH]c4n3)C2)n1. The molecule has 118 valence electrons. The summed E-state index contributed by atoms with van der Waals surface area (Å²) in [6.07, 6.45) is 4.23. The van der Waals surface area contributed by atoms with Crippen molar-refractivity contribution in [3.63, 3.8) is 0 Å². The zero-order valence-electron chi connectivity index (χ0n) is 13.4. The highest BCUT2D eigenvalue weighted by Crippen LogP contribution is 2.27. The second kappa shape index (κ2) is 6.08. The molecule has 1 aliphatic rings. The Kier molecular flexibility index (Phi) is 3.79. The van der Waals surface area contributed by atoms with E-state index in [1.807, 2.05) is 19.2 Å². The van der Waals surface area contributed by atoms with Crippen molar-refractivity contribution in [3.8, 4) is 0 Å². The van der Waals surface area contributed by atoms with E-state index < -0.39 is 0 Å². The van der Waals surface area contributed by atoms with Crippen molar-refractivity contribution in [3.05, 3.63) is 53.6 Å². The second-order valence-corrected chi connectivity index (χ2v) is 6.39. The van der Waals surface area contributed by atoms with Crippen molar-refractivity contribution in [1.82, 2.24) is 25.1 Å². The van der Waals surface area contributed by atoms with Gasteiger partial charge < -0.3 is 0 Å². The van der Waals surface area contributed by atoms with E-state index in [0.717, 1.165) is 42.1 Å². The first-order valence-corrected chi connectivity index (χ1v) is 8.23. The Bertz CT molecular complexity index is 810. The van der Waals surface area contributed by atoms with Gasteiger partial charge in [0.1, 0.15) is 0 Å². The normalized spacial score (nSPS) is 19.3. The van der Waals surface area contributed by atoms with Gasteiger partial charge in [-0.3, -0.25) is 15.0 Å². The number of aromatic nitrogens is 4. The number of pyridine rings is 2. The van der Waals surface area contributed by atoms with E-state index in [2.05, 4.69) is 44.3 Å². The van der Waals surface area contributed by atoms with Crippen LogP contribution < -0.4 is 0 Å². The van der Waals surface area contributed by atoms with Crippen LogP contribution in [-0.4, -0.2) is 38.2 Å². The van der Waals surface area contributed by atoms with Gasteiger partial charge in [0.05, 0.1) is 11.9 Å². The lowest BCUT2D eigenvalue weighted by Crippen LogP contribution is -2.34. The lowest BCUT2D eigenvalue weighted by molar-refractivity contribution is 0.196. The topological polar surface area (TPSA) is 57.7 Å². The minimum Gasteiger partial charge on any atom is -0.297 e. The first-order valence-electron chi connectivity index (χ1n) is 8.23. The number of hydrogen-bond donors (Lipinski definition) is 1. The van der Waals surface area contributed by atoms with Crippen molar-refractivity contribution in [2.24, 2.45) is 0 Å². The lowest BCUT2D eigenvalue weighted by Gasteiger charge is -2.32. The van der Waals surface area contributed by atoms with Crippen LogP contribution in [0.25, 0.3) is 11.0 Å². The van der Waals surface area contributed by atoms with Crippen LogP contribution >= 0.6 is 0 Å². The Labute approximate surface area is 135 Å². The van der Waals surface area contributed by atoms with Crippen molar-refractivity contribution in [2.75, 3.05) is 13.1 Å². The molecule has 1 N–H and O–H groups in total. The number of nitrogens with one attached hydrogen (secondary N) is 1. The molecule has 1 atom stereocenters. The minimum atomic E-state index is 0.487. The number of likely N-dealkylation sites (tertiary alicyclic amines) is 1. The van der Waals surface area contributed by atoms with E-state index in [4.69, 9.17) is 4.98 Å². The second-order valence-electron chi connectivity index (χ2n) is 6.39. The number of hydrogen-bond acceptors (Lipinski definition) is 4. The van der Waals surface area contributed by atoms with Gasteiger partial charge in [-0.25, -0.2) is 4.98 Å². The van der Waals surface area contributed by atoms with Crippen LogP contribution in [0.1, 0.15) is 35.8 Å². The third-order valence-corrected chi connectivity index (χ3v) is 4.58. The third-order valence-electron chi connectivity index (χ3n) is 4.58. The molecule has 3 aromatic heterocycles. The fraction of sp³-hybridized carbons (Fsp3) is 0.389. The molecule has 0 radical (unpaired) electrons. The van der Waals surface area contributed by atoms with Gasteiger partial charge in [-0.2, -0.15) is 5.10 Å². The molecule has 3 aromatic rings. The summed E-state index contributed by atoms with van der Waals surface area (Å²) in [6.45, 7) is 5.15. The van der Waals surface area contributed by atoms with Crippen molar-refractivity contribution in [1.29, 1.82) is 0 Å². The monoisotopic (exact) mass is 307 g/mol. The Balaban J connectivity index is 1.50. The Hall–Kier alpha value is -2.27. The summed E-state index contributed by atoms with van der Waals surface area (Å²) in [4.78, 5) is 11.9. The highest BCUT2D eigenvalue weighted by Gasteiger charge is 2.23. The predicted octanol–water partition coefficient (Wildman–Crippen LogP) is 3.04. The molecule has 0 aliphatic carbocycles. The lowest BCUT2D eigenvalue weighted by atomic mass is 9.94. The van der Waals surface area contributed by atoms with Crippen LogP contribution in [0, 0.1) is 6.92 Å². The van der Waals surface area contributed by atoms with Crippen molar-refractivity contribution < 1.29 is 0 Å². The number of aryl methyl sites for hydroxylation is 1. The van der Waals surface area contributed by atoms with Crippen molar-refractivity contribution >= 4 is 11.0 Å². The number of fused-ring (bicyclic) bond motifs is 1. The highest BCUT2D eigenvalue weighted by atomic mass is 15.2. The quantitative estimate of drug-likeness (QED) is 0.808. The molecule has 1 fully saturated rings. The number of nitrogens with zero attached hydrogens (tertiary/aromatic N) is 4. The maximum atomic E-state index is 4.75. The highest BCUT2D eigenvalue weighted by molar-refractivity contribution is 5.73. The summed E-state index contributed by atoms with van der Waals surface area (Å²) in [5.74, 6) is 0.487. The summed E-state index contributed by atoms with van der Waals surface area (Å²) in [5.41, 5.74) is 4.30. The fourth-order valence-corrected chi connectivity index (χ4v) is 3.43. The van der Waals surface area contributed by atoms with Crippen LogP contribution in [0.3, 0.4) is 0 Å². The fourth-order valence-electron chi connectivity index (χ4n) is 3.43. The van der Waals surface area contributed by atoms with Gasteiger partial charge in [-0.15, -0.1) is 0 Å². The first kappa shape index (κ1) is 14.3. The third kappa shape index (κ3) is 3.10. The van der Waals surface area contributed by atoms with Gasteiger partial charge in [-0.05, 0) is 50.6 Å². The number of aromatic amines is 1. The van der Waals surface area contributed by atoms with Gasteiger partial charge in [0.15, 0.2) is 5.65 Å². The molecule has 0 aromatic carbocycles. The zero-order valence-corrected chi connectivity index (χ0v) is 13.4. The van der Waals surface area contributed by atoms with E-state index in [0.29, 0.717) is 5.92 Å². The zero-order chi connectivity index (χ0) is 15.6. The van der Waals surface area contributed by atoms with E-state index >= 15 is 0 Å². The summed E-state index contributed by atoms with van der Waals surface area (Å²) in [6, 6.07) is 10.5. The van der Waals surface area contributed by atoms with Gasteiger partial charge in [0.2, 0.25) is 0 Å². The Morgan fingerprint density at radius 1 is 1.22 bits per heavy atom. The average Bonchev–Trinajstić information content (AvgIpc) is 3.03. The van der Waals surface area contributed by atoms with Crippen LogP contribution in [0.15, 0.2) is 36.5 Å². The number of H-pyrrole nitrogens is 1. The predicted molar refractivity (Wildman–Crippen MR) is 90.1 cm³/mol. The largest absolute Gasteiger partial charge is 0.297 e. The molecule has 0 unspecified atom stereocenters. The molecule has 1 aliphatic heterocycles. The molecule has 23 heavy (non-hydrogen) atoms. The molecular weight excluding hydrogens is 286 g/mol. The average molecular weight is 307 g/mol. The Morgan fingerprint density at radius 3 is 3.09 bits per heavy atom. The summed E-state index contributed by atoms with van der Waals surface area (Å²) in [7, 11) is 0. The van der Waals surface area contributed by atoms with Crippen LogP contribution in [0.4, 0.5) is 0 Å². The molecule has 0 saturated carbocycles. The molecule has 0 amide bonds. The van der Waals surface area contributed by atoms with Crippen molar-refractivity contribution in [2.45, 2.75) is 32.2 Å². The molecule has 4 heterocycles. The van der Waals surface area contributed by atoms with Crippen LogP contribution in [0.5, 0.6) is 0 Å². The molecule has 1 saturated heterocycles. The van der Waals surface area contributed by atoms with Crippen LogP contribution in [-0.2, 0) is 6.54 Å². The van der Waals surface area contributed by atoms with E-state index in [9.17, 15) is 0 Å².